The van der Waals surface area contributed by atoms with E-state index in [4.69, 9.17) is 4.74 Å². The smallest absolute Gasteiger partial charge is 0.342 e. The van der Waals surface area contributed by atoms with Gasteiger partial charge in [-0.1, -0.05) is 60.7 Å². The topological polar surface area (TPSA) is 52.7 Å². The minimum absolute atomic E-state index is 0.134. The van der Waals surface area contributed by atoms with Gasteiger partial charge in [-0.05, 0) is 23.8 Å². The lowest BCUT2D eigenvalue weighted by molar-refractivity contribution is 0.0604. The highest BCUT2D eigenvalue weighted by molar-refractivity contribution is 6.12. The van der Waals surface area contributed by atoms with Gasteiger partial charge in [-0.3, -0.25) is 13.8 Å². The number of methoxy groups -OCH3 is 1. The van der Waals surface area contributed by atoms with Gasteiger partial charge in [-0.2, -0.15) is 0 Å². The SMILES string of the molecule is COC(=O)c1c2ccccc2n2c3ccccc3c(=O)n(Cc3ccccc3)c12. The van der Waals surface area contributed by atoms with E-state index >= 15 is 0 Å². The Morgan fingerprint density at radius 3 is 2.10 bits per heavy atom. The third-order valence-electron chi connectivity index (χ3n) is 5.30. The lowest BCUT2D eigenvalue weighted by atomic mass is 10.1. The molecule has 0 N–H and O–H groups in total. The summed E-state index contributed by atoms with van der Waals surface area (Å²) in [6.45, 7) is 0.355. The summed E-state index contributed by atoms with van der Waals surface area (Å²) in [5.74, 6) is -0.458. The van der Waals surface area contributed by atoms with Gasteiger partial charge in [0.2, 0.25) is 0 Å². The fraction of sp³-hybridized carbons (Fsp3) is 0.0833. The number of nitrogens with zero attached hydrogens (tertiary/aromatic N) is 2. The second kappa shape index (κ2) is 6.63. The average Bonchev–Trinajstić information content (AvgIpc) is 3.12. The van der Waals surface area contributed by atoms with Crippen molar-refractivity contribution in [2.75, 3.05) is 7.11 Å². The van der Waals surface area contributed by atoms with E-state index in [2.05, 4.69) is 0 Å². The van der Waals surface area contributed by atoms with Crippen LogP contribution in [0, 0.1) is 0 Å². The minimum Gasteiger partial charge on any atom is -0.465 e. The van der Waals surface area contributed by atoms with Crippen LogP contribution in [0.15, 0.2) is 83.7 Å². The number of rotatable bonds is 3. The number of benzene rings is 3. The van der Waals surface area contributed by atoms with Crippen LogP contribution in [0.3, 0.4) is 0 Å². The molecule has 0 spiro atoms. The lowest BCUT2D eigenvalue weighted by Crippen LogP contribution is -2.24. The summed E-state index contributed by atoms with van der Waals surface area (Å²) in [5, 5.41) is 1.37. The molecule has 0 fully saturated rings. The van der Waals surface area contributed by atoms with Crippen molar-refractivity contribution < 1.29 is 9.53 Å². The number of hydrogen-bond donors (Lipinski definition) is 0. The van der Waals surface area contributed by atoms with Gasteiger partial charge < -0.3 is 4.74 Å². The Morgan fingerprint density at radius 1 is 0.828 bits per heavy atom. The largest absolute Gasteiger partial charge is 0.465 e. The van der Waals surface area contributed by atoms with Crippen molar-refractivity contribution >= 4 is 33.4 Å². The fourth-order valence-electron chi connectivity index (χ4n) is 4.03. The zero-order chi connectivity index (χ0) is 20.0. The molecule has 0 radical (unpaired) electrons. The maximum Gasteiger partial charge on any atom is 0.342 e. The number of esters is 1. The first-order chi connectivity index (χ1) is 14.2. The monoisotopic (exact) mass is 382 g/mol. The first-order valence-electron chi connectivity index (χ1n) is 9.37. The molecule has 5 rings (SSSR count). The predicted molar refractivity (Wildman–Crippen MR) is 114 cm³/mol. The summed E-state index contributed by atoms with van der Waals surface area (Å²) >= 11 is 0. The van der Waals surface area contributed by atoms with E-state index in [1.54, 1.807) is 4.57 Å². The lowest BCUT2D eigenvalue weighted by Gasteiger charge is -2.13. The number of hydrogen-bond acceptors (Lipinski definition) is 3. The van der Waals surface area contributed by atoms with Crippen molar-refractivity contribution in [3.05, 3.63) is 100 Å². The molecule has 0 bridgehead atoms. The molecule has 0 saturated heterocycles. The van der Waals surface area contributed by atoms with Crippen LogP contribution in [-0.2, 0) is 11.3 Å². The van der Waals surface area contributed by atoms with Crippen molar-refractivity contribution in [3.8, 4) is 0 Å². The molecule has 3 aromatic carbocycles. The van der Waals surface area contributed by atoms with Gasteiger partial charge in [0.1, 0.15) is 11.2 Å². The van der Waals surface area contributed by atoms with E-state index < -0.39 is 5.97 Å². The summed E-state index contributed by atoms with van der Waals surface area (Å²) < 4.78 is 8.76. The van der Waals surface area contributed by atoms with Gasteiger partial charge in [-0.25, -0.2) is 4.79 Å². The molecule has 29 heavy (non-hydrogen) atoms. The quantitative estimate of drug-likeness (QED) is 0.439. The van der Waals surface area contributed by atoms with E-state index in [0.717, 1.165) is 22.0 Å². The Bertz CT molecular complexity index is 1450. The Hall–Kier alpha value is -3.86. The van der Waals surface area contributed by atoms with Crippen LogP contribution < -0.4 is 5.56 Å². The highest BCUT2D eigenvalue weighted by atomic mass is 16.5. The van der Waals surface area contributed by atoms with Crippen molar-refractivity contribution in [1.82, 2.24) is 8.97 Å². The maximum absolute atomic E-state index is 13.5. The highest BCUT2D eigenvalue weighted by Gasteiger charge is 2.24. The van der Waals surface area contributed by atoms with Crippen LogP contribution in [0.2, 0.25) is 0 Å². The van der Waals surface area contributed by atoms with Gasteiger partial charge >= 0.3 is 5.97 Å². The van der Waals surface area contributed by atoms with Crippen LogP contribution in [-0.4, -0.2) is 22.0 Å². The number of carbonyl (C=O) groups is 1. The number of para-hydroxylation sites is 2. The van der Waals surface area contributed by atoms with Crippen molar-refractivity contribution in [1.29, 1.82) is 0 Å². The molecule has 0 atom stereocenters. The molecule has 0 unspecified atom stereocenters. The number of aromatic nitrogens is 2. The van der Waals surface area contributed by atoms with Crippen LogP contribution in [0.5, 0.6) is 0 Å². The summed E-state index contributed by atoms with van der Waals surface area (Å²) in [7, 11) is 1.36. The summed E-state index contributed by atoms with van der Waals surface area (Å²) in [6, 6.07) is 24.9. The second-order valence-electron chi connectivity index (χ2n) is 6.94. The van der Waals surface area contributed by atoms with Crippen molar-refractivity contribution in [2.45, 2.75) is 6.54 Å². The minimum atomic E-state index is -0.458. The number of ether oxygens (including phenoxy) is 1. The first kappa shape index (κ1) is 17.3. The van der Waals surface area contributed by atoms with Gasteiger partial charge in [-0.15, -0.1) is 0 Å². The zero-order valence-corrected chi connectivity index (χ0v) is 15.8. The Balaban J connectivity index is 2.03. The Labute approximate surface area is 166 Å². The molecule has 2 aromatic heterocycles. The molecule has 5 heteroatoms. The molecule has 0 aliphatic rings. The van der Waals surface area contributed by atoms with Gasteiger partial charge in [0, 0.05) is 5.39 Å². The average molecular weight is 382 g/mol. The zero-order valence-electron chi connectivity index (χ0n) is 15.8. The summed E-state index contributed by atoms with van der Waals surface area (Å²) in [5.41, 5.74) is 3.43. The standard InChI is InChI=1S/C24H18N2O3/c1-29-24(28)21-17-11-5-7-13-19(17)26-20-14-8-6-12-18(20)23(27)25(22(21)26)15-16-9-3-2-4-10-16/h2-14H,15H2,1H3. The van der Waals surface area contributed by atoms with E-state index in [9.17, 15) is 9.59 Å². The maximum atomic E-state index is 13.5. The van der Waals surface area contributed by atoms with E-state index in [1.165, 1.54) is 7.11 Å². The molecule has 2 heterocycles. The number of carbonyl (C=O) groups excluding carboxylic acids is 1. The predicted octanol–water partition coefficient (Wildman–Crippen LogP) is 4.24. The van der Waals surface area contributed by atoms with Gasteiger partial charge in [0.25, 0.3) is 5.56 Å². The molecule has 0 amide bonds. The normalized spacial score (nSPS) is 11.3. The Morgan fingerprint density at radius 2 is 1.41 bits per heavy atom. The van der Waals surface area contributed by atoms with Crippen molar-refractivity contribution in [2.24, 2.45) is 0 Å². The first-order valence-corrected chi connectivity index (χ1v) is 9.37. The molecular weight excluding hydrogens is 364 g/mol. The second-order valence-corrected chi connectivity index (χ2v) is 6.94. The molecule has 0 aliphatic heterocycles. The van der Waals surface area contributed by atoms with Gasteiger partial charge in [0.15, 0.2) is 0 Å². The van der Waals surface area contributed by atoms with Gasteiger partial charge in [0.05, 0.1) is 30.1 Å². The van der Waals surface area contributed by atoms with Crippen LogP contribution in [0.25, 0.3) is 27.5 Å². The summed E-state index contributed by atoms with van der Waals surface area (Å²) in [4.78, 5) is 26.3. The third-order valence-corrected chi connectivity index (χ3v) is 5.30. The summed E-state index contributed by atoms with van der Waals surface area (Å²) in [6.07, 6.45) is 0. The highest BCUT2D eigenvalue weighted by Crippen LogP contribution is 2.30. The van der Waals surface area contributed by atoms with Crippen LogP contribution >= 0.6 is 0 Å². The molecular formula is C24H18N2O3. The van der Waals surface area contributed by atoms with E-state index in [-0.39, 0.29) is 5.56 Å². The Kier molecular flexibility index (Phi) is 3.95. The van der Waals surface area contributed by atoms with Crippen molar-refractivity contribution in [3.63, 3.8) is 0 Å². The molecule has 142 valence electrons. The molecule has 5 aromatic rings. The molecule has 5 nitrogen and oxygen atoms in total. The fourth-order valence-corrected chi connectivity index (χ4v) is 4.03. The molecule has 0 aliphatic carbocycles. The van der Waals surface area contributed by atoms with E-state index in [0.29, 0.717) is 23.1 Å². The molecule has 0 saturated carbocycles. The van der Waals surface area contributed by atoms with Crippen LogP contribution in [0.1, 0.15) is 15.9 Å². The van der Waals surface area contributed by atoms with E-state index in [1.807, 2.05) is 83.3 Å². The third kappa shape index (κ3) is 2.55. The number of fused-ring (bicyclic) bond motifs is 5. The van der Waals surface area contributed by atoms with Crippen LogP contribution in [0.4, 0.5) is 0 Å².